The lowest BCUT2D eigenvalue weighted by Gasteiger charge is -2.20. The van der Waals surface area contributed by atoms with Crippen molar-refractivity contribution < 1.29 is 4.79 Å². The quantitative estimate of drug-likeness (QED) is 0.796. The summed E-state index contributed by atoms with van der Waals surface area (Å²) >= 11 is 3.81. The van der Waals surface area contributed by atoms with Gasteiger partial charge in [0.1, 0.15) is 0 Å². The van der Waals surface area contributed by atoms with E-state index in [1.54, 1.807) is 0 Å². The number of thioether (sulfide) groups is 1. The zero-order chi connectivity index (χ0) is 15.5. The van der Waals surface area contributed by atoms with E-state index in [0.717, 1.165) is 42.0 Å². The van der Waals surface area contributed by atoms with Crippen molar-refractivity contribution in [1.82, 2.24) is 4.90 Å². The Bertz CT molecular complexity index is 631. The summed E-state index contributed by atoms with van der Waals surface area (Å²) in [5.74, 6) is 1.19. The minimum Gasteiger partial charge on any atom is -0.338 e. The van der Waals surface area contributed by atoms with Crippen LogP contribution >= 0.6 is 23.1 Å². The highest BCUT2D eigenvalue weighted by atomic mass is 32.2. The standard InChI is InChI=1S/C18H21NOS2/c1-13-10-14(2)12-15(11-13)18(20)19-6-5-17(22-9-7-19)16-4-3-8-21-16/h3-4,8,10-12,17H,5-7,9H2,1-2H3. The van der Waals surface area contributed by atoms with E-state index in [9.17, 15) is 4.79 Å². The van der Waals surface area contributed by atoms with Crippen LogP contribution in [0.15, 0.2) is 35.7 Å². The zero-order valence-corrected chi connectivity index (χ0v) is 14.7. The van der Waals surface area contributed by atoms with E-state index in [4.69, 9.17) is 0 Å². The monoisotopic (exact) mass is 331 g/mol. The maximum atomic E-state index is 12.8. The zero-order valence-electron chi connectivity index (χ0n) is 13.0. The lowest BCUT2D eigenvalue weighted by atomic mass is 10.1. The summed E-state index contributed by atoms with van der Waals surface area (Å²) in [7, 11) is 0. The molecule has 1 aromatic carbocycles. The van der Waals surface area contributed by atoms with Gasteiger partial charge in [0.2, 0.25) is 0 Å². The van der Waals surface area contributed by atoms with Crippen molar-refractivity contribution in [1.29, 1.82) is 0 Å². The predicted octanol–water partition coefficient (Wildman–Crippen LogP) is 4.69. The molecule has 0 saturated carbocycles. The Morgan fingerprint density at radius 3 is 2.64 bits per heavy atom. The lowest BCUT2D eigenvalue weighted by molar-refractivity contribution is 0.0766. The van der Waals surface area contributed by atoms with Crippen LogP contribution in [0.2, 0.25) is 0 Å². The first-order valence-electron chi connectivity index (χ1n) is 7.66. The number of carbonyl (C=O) groups excluding carboxylic acids is 1. The number of benzene rings is 1. The molecule has 2 aromatic rings. The third-order valence-electron chi connectivity index (χ3n) is 3.96. The second-order valence-electron chi connectivity index (χ2n) is 5.83. The van der Waals surface area contributed by atoms with Crippen molar-refractivity contribution >= 4 is 29.0 Å². The van der Waals surface area contributed by atoms with E-state index in [1.165, 1.54) is 4.88 Å². The number of rotatable bonds is 2. The Morgan fingerprint density at radius 2 is 1.95 bits per heavy atom. The molecule has 0 N–H and O–H groups in total. The molecular weight excluding hydrogens is 310 g/mol. The fourth-order valence-electron chi connectivity index (χ4n) is 2.96. The number of amides is 1. The maximum Gasteiger partial charge on any atom is 0.253 e. The predicted molar refractivity (Wildman–Crippen MR) is 96.0 cm³/mol. The lowest BCUT2D eigenvalue weighted by Crippen LogP contribution is -2.33. The summed E-state index contributed by atoms with van der Waals surface area (Å²) in [5, 5.41) is 2.68. The second kappa shape index (κ2) is 6.88. The Labute approximate surface area is 140 Å². The summed E-state index contributed by atoms with van der Waals surface area (Å²) in [5.41, 5.74) is 3.14. The van der Waals surface area contributed by atoms with Crippen LogP contribution < -0.4 is 0 Å². The van der Waals surface area contributed by atoms with Gasteiger partial charge in [0.05, 0.1) is 0 Å². The normalized spacial score (nSPS) is 19.0. The van der Waals surface area contributed by atoms with Crippen LogP contribution in [0.5, 0.6) is 0 Å². The molecule has 1 saturated heterocycles. The van der Waals surface area contributed by atoms with Gasteiger partial charge in [-0.3, -0.25) is 4.79 Å². The largest absolute Gasteiger partial charge is 0.338 e. The molecule has 4 heteroatoms. The molecule has 22 heavy (non-hydrogen) atoms. The Morgan fingerprint density at radius 1 is 1.18 bits per heavy atom. The smallest absolute Gasteiger partial charge is 0.253 e. The first-order valence-corrected chi connectivity index (χ1v) is 9.59. The van der Waals surface area contributed by atoms with E-state index >= 15 is 0 Å². The van der Waals surface area contributed by atoms with Crippen molar-refractivity contribution in [2.75, 3.05) is 18.8 Å². The summed E-state index contributed by atoms with van der Waals surface area (Å²) in [6, 6.07) is 10.4. The van der Waals surface area contributed by atoms with Crippen molar-refractivity contribution in [2.24, 2.45) is 0 Å². The number of thiophene rings is 1. The van der Waals surface area contributed by atoms with Gasteiger partial charge in [-0.25, -0.2) is 0 Å². The maximum absolute atomic E-state index is 12.8. The van der Waals surface area contributed by atoms with Crippen LogP contribution in [0.4, 0.5) is 0 Å². The molecule has 1 unspecified atom stereocenters. The molecule has 2 nitrogen and oxygen atoms in total. The van der Waals surface area contributed by atoms with Crippen LogP contribution in [0.25, 0.3) is 0 Å². The molecule has 1 aromatic heterocycles. The van der Waals surface area contributed by atoms with E-state index in [1.807, 2.05) is 40.1 Å². The molecule has 1 aliphatic heterocycles. The molecule has 0 spiro atoms. The second-order valence-corrected chi connectivity index (χ2v) is 8.12. The molecule has 1 amide bonds. The van der Waals surface area contributed by atoms with Crippen LogP contribution in [0.1, 0.15) is 38.0 Å². The van der Waals surface area contributed by atoms with Crippen LogP contribution in [0, 0.1) is 13.8 Å². The van der Waals surface area contributed by atoms with E-state index in [2.05, 4.69) is 37.4 Å². The van der Waals surface area contributed by atoms with Crippen molar-refractivity contribution in [3.05, 3.63) is 57.3 Å². The van der Waals surface area contributed by atoms with Gasteiger partial charge in [-0.15, -0.1) is 11.3 Å². The molecule has 0 aliphatic carbocycles. The highest BCUT2D eigenvalue weighted by Gasteiger charge is 2.23. The van der Waals surface area contributed by atoms with Crippen molar-refractivity contribution in [2.45, 2.75) is 25.5 Å². The van der Waals surface area contributed by atoms with Gasteiger partial charge in [0.15, 0.2) is 0 Å². The van der Waals surface area contributed by atoms with Crippen LogP contribution in [0.3, 0.4) is 0 Å². The SMILES string of the molecule is Cc1cc(C)cc(C(=O)N2CCSC(c3cccs3)CC2)c1. The van der Waals surface area contributed by atoms with Crippen LogP contribution in [-0.4, -0.2) is 29.6 Å². The van der Waals surface area contributed by atoms with Gasteiger partial charge in [-0.2, -0.15) is 11.8 Å². The molecule has 1 atom stereocenters. The van der Waals surface area contributed by atoms with E-state index in [0.29, 0.717) is 5.25 Å². The fraction of sp³-hybridized carbons (Fsp3) is 0.389. The van der Waals surface area contributed by atoms with Crippen molar-refractivity contribution in [3.8, 4) is 0 Å². The molecule has 3 rings (SSSR count). The van der Waals surface area contributed by atoms with Gasteiger partial charge >= 0.3 is 0 Å². The Hall–Kier alpha value is -1.26. The van der Waals surface area contributed by atoms with Gasteiger partial charge < -0.3 is 4.90 Å². The molecule has 1 fully saturated rings. The first-order chi connectivity index (χ1) is 10.6. The minimum absolute atomic E-state index is 0.180. The Balaban J connectivity index is 1.71. The highest BCUT2D eigenvalue weighted by molar-refractivity contribution is 7.99. The summed E-state index contributed by atoms with van der Waals surface area (Å²) in [6.45, 7) is 5.80. The summed E-state index contributed by atoms with van der Waals surface area (Å²) in [6.07, 6.45) is 1.04. The fourth-order valence-corrected chi connectivity index (χ4v) is 5.19. The van der Waals surface area contributed by atoms with Gasteiger partial charge in [-0.1, -0.05) is 23.3 Å². The van der Waals surface area contributed by atoms with Gasteiger partial charge in [0.25, 0.3) is 5.91 Å². The third kappa shape index (κ3) is 3.55. The number of hydrogen-bond acceptors (Lipinski definition) is 3. The van der Waals surface area contributed by atoms with E-state index < -0.39 is 0 Å². The van der Waals surface area contributed by atoms with Crippen molar-refractivity contribution in [3.63, 3.8) is 0 Å². The number of nitrogens with zero attached hydrogens (tertiary/aromatic N) is 1. The minimum atomic E-state index is 0.180. The molecule has 2 heterocycles. The highest BCUT2D eigenvalue weighted by Crippen LogP contribution is 2.36. The average Bonchev–Trinajstić information content (AvgIpc) is 2.90. The molecule has 1 aliphatic rings. The molecular formula is C18H21NOS2. The molecule has 116 valence electrons. The molecule has 0 radical (unpaired) electrons. The van der Waals surface area contributed by atoms with Gasteiger partial charge in [0, 0.05) is 34.5 Å². The third-order valence-corrected chi connectivity index (χ3v) is 6.40. The van der Waals surface area contributed by atoms with Gasteiger partial charge in [-0.05, 0) is 43.8 Å². The number of carbonyl (C=O) groups is 1. The van der Waals surface area contributed by atoms with Crippen LogP contribution in [-0.2, 0) is 0 Å². The summed E-state index contributed by atoms with van der Waals surface area (Å²) < 4.78 is 0. The topological polar surface area (TPSA) is 20.3 Å². The van der Waals surface area contributed by atoms with E-state index in [-0.39, 0.29) is 5.91 Å². The first kappa shape index (κ1) is 15.6. The Kier molecular flexibility index (Phi) is 4.89. The number of aryl methyl sites for hydroxylation is 2. The number of hydrogen-bond donors (Lipinski definition) is 0. The summed E-state index contributed by atoms with van der Waals surface area (Å²) in [4.78, 5) is 16.2. The molecule has 0 bridgehead atoms. The average molecular weight is 332 g/mol.